The summed E-state index contributed by atoms with van der Waals surface area (Å²) in [5.41, 5.74) is 41.2. The molecule has 15 aromatic rings. The van der Waals surface area contributed by atoms with Crippen LogP contribution in [0.25, 0.3) is 34.1 Å². The summed E-state index contributed by atoms with van der Waals surface area (Å²) in [4.78, 5) is 118. The molecule has 10 heterocycles. The zero-order valence-electron chi connectivity index (χ0n) is 82.2. The molecule has 0 spiro atoms. The maximum atomic E-state index is 12.1. The van der Waals surface area contributed by atoms with Gasteiger partial charge in [-0.05, 0) is 217 Å². The zero-order valence-corrected chi connectivity index (χ0v) is 83.7. The highest BCUT2D eigenvalue weighted by Crippen LogP contribution is 2.35. The number of nitrogens with zero attached hydrogens (tertiary/aromatic N) is 24. The highest BCUT2D eigenvalue weighted by Gasteiger charge is 2.30. The van der Waals surface area contributed by atoms with E-state index >= 15 is 0 Å². The van der Waals surface area contributed by atoms with Crippen LogP contribution in [0.1, 0.15) is 215 Å². The summed E-state index contributed by atoms with van der Waals surface area (Å²) < 4.78 is 2.61. The van der Waals surface area contributed by atoms with Gasteiger partial charge < -0.3 is 81.8 Å². The first-order valence-corrected chi connectivity index (χ1v) is 50.0. The van der Waals surface area contributed by atoms with Crippen molar-refractivity contribution >= 4 is 132 Å². The minimum Gasteiger partial charge on any atom is -0.350 e. The summed E-state index contributed by atoms with van der Waals surface area (Å²) in [6, 6.07) is 40.7. The first-order valence-electron chi connectivity index (χ1n) is 49.2. The number of benzene rings is 5. The number of nitrogens with two attached hydrogens (primary N) is 5. The molecule has 45 heteroatoms. The second kappa shape index (κ2) is 50.3. The van der Waals surface area contributed by atoms with E-state index in [1.54, 1.807) is 78.9 Å². The molecule has 0 amide bonds. The number of hydrogen-bond acceptors (Lipinski definition) is 40. The van der Waals surface area contributed by atoms with E-state index in [-0.39, 0.29) is 89.3 Å². The van der Waals surface area contributed by atoms with Crippen molar-refractivity contribution < 1.29 is 24.0 Å². The highest BCUT2D eigenvalue weighted by molar-refractivity contribution is 9.10. The Hall–Kier alpha value is -16.2. The number of anilines is 15. The van der Waals surface area contributed by atoms with Gasteiger partial charge in [0.15, 0.2) is 41.1 Å². The number of carbonyl (C=O) groups is 5. The number of ketones is 5. The molecule has 10 aromatic heterocycles. The number of halogens is 1. The third-order valence-corrected chi connectivity index (χ3v) is 26.3. The predicted octanol–water partition coefficient (Wildman–Crippen LogP) is 15.1. The topological polar surface area (TPSA) is 613 Å². The molecule has 0 radical (unpaired) electrons. The molecule has 5 aliphatic carbocycles. The van der Waals surface area contributed by atoms with Crippen molar-refractivity contribution in [3.05, 3.63) is 247 Å². The summed E-state index contributed by atoms with van der Waals surface area (Å²) >= 11 is 3.52. The standard InChI is InChI=1S/C22H25N7O.C21H25N7O.C20H23BrN8O.C20H24N8O.C19H23N9O/c1-14(30)17-13-26-22(28-19-9-3-2-8-18(19)23)29-21(17)27-16-7-4-6-15(12-16)20-24-10-5-11-25-20;1-14(29)17-13-23-21(26-19-9-3-2-8-18(19)22)27-20(17)25-15-6-4-7-16(12-15)28-11-5-10-24-28;1-12(30)14-11-23-20(27-17-5-3-2-4-16(17)22)28-19(14)26-13-6-7-15(21)18(10-13)29-24-8-9-25-29;1-13(29)16-12-22-20(26-18-8-3-2-7-17(18)21)27-19(16)25-14-5-4-6-15(11-14)28-23-9-10-24-28;1-12(29)15-10-21-19(25-17-8-3-2-7-16(17)20)26-18(15)24-13-5-4-6-14(9-13)28-23-11-22-27-28/h4-7,10-13,18-19H,2-3,8-9,23H2,1H3,(H2,26,27,28,29);4-7,10-13,18-19H,2-3,8-9,22H2,1H3,(H2,23,25,26,27);6-11,16-17H,2-5,22H2,1H3,(H2,23,26,27,28);4-6,9-12,17-18H,2-3,7-8,21H2,1H3,(H2,22,25,26,27);4-6,9-11,16-17H,2-3,7-8,20H2,1H3,(H2,21,24,25,26)/t2*18-,19+;16-,17+;17-,18+;16-,17+/m00000/s1. The smallest absolute Gasteiger partial charge is 0.224 e. The molecule has 20 N–H and O–H groups in total. The van der Waals surface area contributed by atoms with Gasteiger partial charge in [0.1, 0.15) is 34.8 Å². The lowest BCUT2D eigenvalue weighted by atomic mass is 9.91. The van der Waals surface area contributed by atoms with Gasteiger partial charge in [0, 0.05) is 155 Å². The SMILES string of the molecule is CC(=O)c1cnc(N[C@@H]2CCCC[C@@H]2N)nc1Nc1ccc(Br)c(-n2nccn2)c1.CC(=O)c1cnc(N[C@@H]2CCCC[C@@H]2N)nc1Nc1cccc(-c2ncccn2)c1.CC(=O)c1cnc(N[C@@H]2CCCC[C@@H]2N)nc1Nc1cccc(-n2cccn2)c1.CC(=O)c1cnc(N[C@@H]2CCCC[C@@H]2N)nc1Nc1cccc(-n2nccn2)c1.CC(=O)c1cnc(N[C@@H]2CCCC[C@@H]2N)nc1Nc1cccc(-n2ncnn2)c1. The first-order chi connectivity index (χ1) is 71.4. The van der Waals surface area contributed by atoms with E-state index in [4.69, 9.17) is 28.7 Å². The molecule has 44 nitrogen and oxygen atoms in total. The van der Waals surface area contributed by atoms with Gasteiger partial charge in [-0.3, -0.25) is 24.0 Å². The molecule has 10 atom stereocenters. The molecular weight excluding hydrogens is 1930 g/mol. The van der Waals surface area contributed by atoms with Crippen molar-refractivity contribution in [2.75, 3.05) is 53.2 Å². The molecule has 5 fully saturated rings. The van der Waals surface area contributed by atoms with Crippen LogP contribution in [-0.2, 0) is 0 Å². The van der Waals surface area contributed by atoms with Crippen LogP contribution < -0.4 is 81.8 Å². The van der Waals surface area contributed by atoms with E-state index in [0.29, 0.717) is 92.5 Å². The summed E-state index contributed by atoms with van der Waals surface area (Å²) in [6.45, 7) is 7.49. The monoisotopic (exact) mass is 2050 g/mol. The van der Waals surface area contributed by atoms with Crippen LogP contribution >= 0.6 is 15.9 Å². The second-order valence-corrected chi connectivity index (χ2v) is 37.3. The van der Waals surface area contributed by atoms with E-state index in [1.165, 1.54) is 61.5 Å². The average molecular weight is 2050 g/mol. The van der Waals surface area contributed by atoms with Crippen LogP contribution in [0.3, 0.4) is 0 Å². The molecule has 5 aliphatic rings. The number of nitrogens with one attached hydrogen (secondary N) is 10. The molecule has 5 aromatic carbocycles. The molecule has 147 heavy (non-hydrogen) atoms. The maximum Gasteiger partial charge on any atom is 0.224 e. The third-order valence-electron chi connectivity index (χ3n) is 25.6. The Morgan fingerprint density at radius 3 is 0.966 bits per heavy atom. The van der Waals surface area contributed by atoms with Crippen LogP contribution in [0, 0.1) is 0 Å². The molecular formula is C102H120BrN39O5. The first kappa shape index (κ1) is 104. The van der Waals surface area contributed by atoms with Gasteiger partial charge in [0.25, 0.3) is 0 Å². The third kappa shape index (κ3) is 28.5. The minimum absolute atomic E-state index is 0.0712. The number of rotatable bonds is 30. The van der Waals surface area contributed by atoms with Gasteiger partial charge in [-0.2, -0.15) is 60.0 Å². The predicted molar refractivity (Wildman–Crippen MR) is 566 cm³/mol. The van der Waals surface area contributed by atoms with Crippen molar-refractivity contribution in [2.24, 2.45) is 28.7 Å². The Bertz CT molecular complexity index is 6550. The van der Waals surface area contributed by atoms with Gasteiger partial charge in [-0.25, -0.2) is 39.6 Å². The second-order valence-electron chi connectivity index (χ2n) is 36.5. The van der Waals surface area contributed by atoms with Crippen molar-refractivity contribution in [1.82, 2.24) is 120 Å². The van der Waals surface area contributed by atoms with E-state index in [1.807, 2.05) is 128 Å². The molecule has 0 bridgehead atoms. The average Bonchev–Trinajstić information content (AvgIpc) is 1.74. The van der Waals surface area contributed by atoms with Crippen LogP contribution in [0.5, 0.6) is 0 Å². The summed E-state index contributed by atoms with van der Waals surface area (Å²) in [6.07, 6.45) is 43.9. The number of tetrazole rings is 1. The van der Waals surface area contributed by atoms with Crippen LogP contribution in [0.4, 0.5) is 87.3 Å². The van der Waals surface area contributed by atoms with Crippen molar-refractivity contribution in [3.63, 3.8) is 0 Å². The maximum absolute atomic E-state index is 12.1. The lowest BCUT2D eigenvalue weighted by Gasteiger charge is -2.29. The zero-order chi connectivity index (χ0) is 103. The van der Waals surface area contributed by atoms with Crippen LogP contribution in [0.2, 0.25) is 0 Å². The van der Waals surface area contributed by atoms with Crippen molar-refractivity contribution in [3.8, 4) is 34.1 Å². The fraction of sp³-hybridized carbons (Fsp3) is 0.343. The van der Waals surface area contributed by atoms with Gasteiger partial charge in [-0.1, -0.05) is 94.5 Å². The Morgan fingerprint density at radius 1 is 0.313 bits per heavy atom. The lowest BCUT2D eigenvalue weighted by molar-refractivity contribution is 0.100. The Labute approximate surface area is 857 Å². The van der Waals surface area contributed by atoms with E-state index < -0.39 is 0 Å². The largest absolute Gasteiger partial charge is 0.350 e. The number of Topliss-reactive ketones (excluding diaryl/α,β-unsaturated/α-hetero) is 5. The summed E-state index contributed by atoms with van der Waals surface area (Å²) in [5.74, 6) is 4.61. The van der Waals surface area contributed by atoms with E-state index in [0.717, 1.165) is 190 Å². The van der Waals surface area contributed by atoms with Crippen LogP contribution in [-0.4, -0.2) is 209 Å². The lowest BCUT2D eigenvalue weighted by Crippen LogP contribution is -2.43. The molecule has 5 saturated carbocycles. The van der Waals surface area contributed by atoms with Gasteiger partial charge >= 0.3 is 0 Å². The normalized spacial score (nSPS) is 18.9. The van der Waals surface area contributed by atoms with Gasteiger partial charge in [0.05, 0.1) is 69.7 Å². The number of hydrogen-bond donors (Lipinski definition) is 15. The quantitative estimate of drug-likeness (QED) is 0.0186. The number of aromatic nitrogens is 24. The fourth-order valence-corrected chi connectivity index (χ4v) is 18.1. The Kier molecular flexibility index (Phi) is 35.5. The fourth-order valence-electron chi connectivity index (χ4n) is 17.7. The van der Waals surface area contributed by atoms with Gasteiger partial charge in [0.2, 0.25) is 29.7 Å². The van der Waals surface area contributed by atoms with E-state index in [2.05, 4.69) is 170 Å². The molecule has 20 rings (SSSR count). The summed E-state index contributed by atoms with van der Waals surface area (Å²) in [7, 11) is 0. The molecule has 0 unspecified atom stereocenters. The Morgan fingerprint density at radius 2 is 0.633 bits per heavy atom. The van der Waals surface area contributed by atoms with Crippen molar-refractivity contribution in [1.29, 1.82) is 0 Å². The summed E-state index contributed by atoms with van der Waals surface area (Å²) in [5, 5.41) is 65.4. The number of carbonyl (C=O) groups excluding carboxylic acids is 5. The molecule has 0 aliphatic heterocycles. The van der Waals surface area contributed by atoms with Gasteiger partial charge in [-0.15, -0.1) is 15.0 Å². The van der Waals surface area contributed by atoms with E-state index in [9.17, 15) is 24.0 Å². The highest BCUT2D eigenvalue weighted by atomic mass is 79.9. The van der Waals surface area contributed by atoms with Crippen molar-refractivity contribution in [2.45, 2.75) is 223 Å². The van der Waals surface area contributed by atoms with Crippen LogP contribution in [0.15, 0.2) is 219 Å². The minimum atomic E-state index is -0.123. The molecule has 760 valence electrons. The Balaban J connectivity index is 0.000000131. The molecule has 0 saturated heterocycles.